The molecule has 114 valence electrons. The van der Waals surface area contributed by atoms with Gasteiger partial charge in [-0.05, 0) is 30.9 Å². The molecule has 1 fully saturated rings. The third-order valence-electron chi connectivity index (χ3n) is 3.84. The summed E-state index contributed by atoms with van der Waals surface area (Å²) in [5, 5.41) is 30.6. The number of phenolic OH excluding ortho intramolecular Hbond substituents is 2. The topological polar surface area (TPSA) is 107 Å². The molecule has 1 aromatic rings. The van der Waals surface area contributed by atoms with Crippen LogP contribution in [0.2, 0.25) is 0 Å². The molecule has 2 rings (SSSR count). The van der Waals surface area contributed by atoms with Gasteiger partial charge in [0.15, 0.2) is 0 Å². The lowest BCUT2D eigenvalue weighted by Gasteiger charge is -2.28. The van der Waals surface area contributed by atoms with Gasteiger partial charge >= 0.3 is 5.97 Å². The van der Waals surface area contributed by atoms with Gasteiger partial charge in [0.1, 0.15) is 17.5 Å². The molecule has 0 radical (unpaired) electrons. The van der Waals surface area contributed by atoms with Crippen LogP contribution in [0.15, 0.2) is 18.2 Å². The predicted molar refractivity (Wildman–Crippen MR) is 75.2 cm³/mol. The van der Waals surface area contributed by atoms with Gasteiger partial charge in [-0.15, -0.1) is 0 Å². The van der Waals surface area contributed by atoms with Crippen LogP contribution in [0.3, 0.4) is 0 Å². The van der Waals surface area contributed by atoms with Gasteiger partial charge in [-0.2, -0.15) is 0 Å². The lowest BCUT2D eigenvalue weighted by atomic mass is 9.84. The molecule has 1 amide bonds. The average molecular weight is 293 g/mol. The second-order valence-corrected chi connectivity index (χ2v) is 5.43. The Kier molecular flexibility index (Phi) is 4.67. The molecule has 0 saturated heterocycles. The van der Waals surface area contributed by atoms with Crippen LogP contribution in [0.1, 0.15) is 42.5 Å². The van der Waals surface area contributed by atoms with Crippen molar-refractivity contribution >= 4 is 11.9 Å². The molecule has 6 nitrogen and oxygen atoms in total. The number of hydrogen-bond donors (Lipinski definition) is 4. The van der Waals surface area contributed by atoms with E-state index in [9.17, 15) is 24.9 Å². The van der Waals surface area contributed by atoms with Crippen LogP contribution in [0.4, 0.5) is 0 Å². The predicted octanol–water partition coefficient (Wildman–Crippen LogP) is 1.86. The molecule has 1 aromatic carbocycles. The first-order valence-electron chi connectivity index (χ1n) is 7.04. The summed E-state index contributed by atoms with van der Waals surface area (Å²) in [6.07, 6.45) is 4.59. The second-order valence-electron chi connectivity index (χ2n) is 5.43. The van der Waals surface area contributed by atoms with Gasteiger partial charge in [-0.1, -0.05) is 19.3 Å². The van der Waals surface area contributed by atoms with Crippen molar-refractivity contribution in [3.63, 3.8) is 0 Å². The number of benzene rings is 1. The molecule has 0 bridgehead atoms. The summed E-state index contributed by atoms with van der Waals surface area (Å²) in [6.45, 7) is 0. The van der Waals surface area contributed by atoms with E-state index in [0.29, 0.717) is 0 Å². The van der Waals surface area contributed by atoms with Crippen molar-refractivity contribution in [3.8, 4) is 11.5 Å². The zero-order chi connectivity index (χ0) is 15.4. The van der Waals surface area contributed by atoms with Gasteiger partial charge in [0.25, 0.3) is 5.91 Å². The Hall–Kier alpha value is -2.24. The van der Waals surface area contributed by atoms with Gasteiger partial charge < -0.3 is 20.6 Å². The largest absolute Gasteiger partial charge is 0.508 e. The monoisotopic (exact) mass is 293 g/mol. The van der Waals surface area contributed by atoms with E-state index >= 15 is 0 Å². The highest BCUT2D eigenvalue weighted by atomic mass is 16.4. The number of rotatable bonds is 4. The van der Waals surface area contributed by atoms with Crippen LogP contribution in [0.5, 0.6) is 11.5 Å². The quantitative estimate of drug-likeness (QED) is 0.678. The number of aromatic hydroxyl groups is 2. The van der Waals surface area contributed by atoms with Crippen LogP contribution in [0.25, 0.3) is 0 Å². The Bertz CT molecular complexity index is 517. The number of carbonyl (C=O) groups is 2. The maximum atomic E-state index is 12.1. The van der Waals surface area contributed by atoms with Gasteiger partial charge in [0, 0.05) is 11.6 Å². The van der Waals surface area contributed by atoms with Crippen molar-refractivity contribution in [2.75, 3.05) is 0 Å². The van der Waals surface area contributed by atoms with Crippen molar-refractivity contribution in [1.29, 1.82) is 0 Å². The van der Waals surface area contributed by atoms with Crippen LogP contribution < -0.4 is 5.32 Å². The summed E-state index contributed by atoms with van der Waals surface area (Å²) in [5.41, 5.74) is 0.0366. The van der Waals surface area contributed by atoms with Crippen molar-refractivity contribution in [2.45, 2.75) is 38.1 Å². The third kappa shape index (κ3) is 3.87. The Morgan fingerprint density at radius 3 is 2.14 bits per heavy atom. The third-order valence-corrected chi connectivity index (χ3v) is 3.84. The number of aliphatic carboxylic acids is 1. The van der Waals surface area contributed by atoms with Crippen LogP contribution in [-0.2, 0) is 4.79 Å². The molecule has 0 heterocycles. The number of amides is 1. The summed E-state index contributed by atoms with van der Waals surface area (Å²) in [5.74, 6) is -2.24. The molecule has 0 spiro atoms. The standard InChI is InChI=1S/C15H19NO5/c17-11-6-10(7-12(18)8-11)14(19)16-13(15(20)21)9-4-2-1-3-5-9/h6-9,13,17-18H,1-5H2,(H,16,19)(H,20,21). The number of carbonyl (C=O) groups excluding carboxylic acids is 1. The molecule has 21 heavy (non-hydrogen) atoms. The smallest absolute Gasteiger partial charge is 0.326 e. The normalized spacial score (nSPS) is 17.1. The summed E-state index contributed by atoms with van der Waals surface area (Å²) in [6, 6.07) is 2.54. The molecule has 1 aliphatic carbocycles. The van der Waals surface area contributed by atoms with Crippen molar-refractivity contribution < 1.29 is 24.9 Å². The molecular weight excluding hydrogens is 274 g/mol. The van der Waals surface area contributed by atoms with Crippen LogP contribution in [0, 0.1) is 5.92 Å². The summed E-state index contributed by atoms with van der Waals surface area (Å²) in [4.78, 5) is 23.5. The lowest BCUT2D eigenvalue weighted by Crippen LogP contribution is -2.46. The fourth-order valence-electron chi connectivity index (χ4n) is 2.80. The second kappa shape index (κ2) is 6.47. The maximum absolute atomic E-state index is 12.1. The average Bonchev–Trinajstić information content (AvgIpc) is 2.44. The fraction of sp³-hybridized carbons (Fsp3) is 0.467. The highest BCUT2D eigenvalue weighted by Crippen LogP contribution is 2.27. The van der Waals surface area contributed by atoms with E-state index < -0.39 is 17.9 Å². The Morgan fingerprint density at radius 2 is 1.62 bits per heavy atom. The minimum absolute atomic E-state index is 0.0366. The zero-order valence-electron chi connectivity index (χ0n) is 11.6. The fourth-order valence-corrected chi connectivity index (χ4v) is 2.80. The summed E-state index contributed by atoms with van der Waals surface area (Å²) < 4.78 is 0. The highest BCUT2D eigenvalue weighted by molar-refractivity contribution is 5.97. The number of hydrogen-bond acceptors (Lipinski definition) is 4. The summed E-state index contributed by atoms with van der Waals surface area (Å²) >= 11 is 0. The molecule has 0 aromatic heterocycles. The Balaban J connectivity index is 2.12. The Labute approximate surface area is 122 Å². The molecule has 1 aliphatic rings. The minimum atomic E-state index is -1.06. The molecule has 1 saturated carbocycles. The van der Waals surface area contributed by atoms with Crippen LogP contribution in [-0.4, -0.2) is 33.2 Å². The van der Waals surface area contributed by atoms with E-state index in [4.69, 9.17) is 0 Å². The zero-order valence-corrected chi connectivity index (χ0v) is 11.6. The SMILES string of the molecule is O=C(NC(C(=O)O)C1CCCCC1)c1cc(O)cc(O)c1. The first kappa shape index (κ1) is 15.2. The van der Waals surface area contributed by atoms with Crippen LogP contribution >= 0.6 is 0 Å². The van der Waals surface area contributed by atoms with Gasteiger partial charge in [0.2, 0.25) is 0 Å². The first-order chi connectivity index (χ1) is 9.97. The van der Waals surface area contributed by atoms with E-state index in [1.165, 1.54) is 12.1 Å². The maximum Gasteiger partial charge on any atom is 0.326 e. The minimum Gasteiger partial charge on any atom is -0.508 e. The molecule has 6 heteroatoms. The number of nitrogens with one attached hydrogen (secondary N) is 1. The molecule has 1 unspecified atom stereocenters. The van der Waals surface area contributed by atoms with Gasteiger partial charge in [-0.3, -0.25) is 4.79 Å². The number of carboxylic acids is 1. The molecule has 1 atom stereocenters. The highest BCUT2D eigenvalue weighted by Gasteiger charge is 2.31. The van der Waals surface area contributed by atoms with Crippen molar-refractivity contribution in [1.82, 2.24) is 5.32 Å². The van der Waals surface area contributed by atoms with Gasteiger partial charge in [-0.25, -0.2) is 4.79 Å². The molecular formula is C15H19NO5. The van der Waals surface area contributed by atoms with E-state index in [1.807, 2.05) is 0 Å². The van der Waals surface area contributed by atoms with E-state index in [2.05, 4.69) is 5.32 Å². The van der Waals surface area contributed by atoms with Crippen molar-refractivity contribution in [2.24, 2.45) is 5.92 Å². The number of phenols is 2. The molecule has 4 N–H and O–H groups in total. The van der Waals surface area contributed by atoms with Crippen molar-refractivity contribution in [3.05, 3.63) is 23.8 Å². The number of carboxylic acid groups (broad SMARTS) is 1. The van der Waals surface area contributed by atoms with E-state index in [-0.39, 0.29) is 23.0 Å². The Morgan fingerprint density at radius 1 is 1.05 bits per heavy atom. The first-order valence-corrected chi connectivity index (χ1v) is 7.04. The molecule has 0 aliphatic heterocycles. The van der Waals surface area contributed by atoms with E-state index in [0.717, 1.165) is 38.2 Å². The van der Waals surface area contributed by atoms with Gasteiger partial charge in [0.05, 0.1) is 0 Å². The van der Waals surface area contributed by atoms with E-state index in [1.54, 1.807) is 0 Å². The lowest BCUT2D eigenvalue weighted by molar-refractivity contribution is -0.141. The summed E-state index contributed by atoms with van der Waals surface area (Å²) in [7, 11) is 0.